The molecule has 1 aliphatic rings. The molecule has 1 aromatic carbocycles. The van der Waals surface area contributed by atoms with Crippen molar-refractivity contribution in [2.24, 2.45) is 0 Å². The number of carbonyl (C=O) groups excluding carboxylic acids is 1. The molecule has 4 nitrogen and oxygen atoms in total. The highest BCUT2D eigenvalue weighted by Gasteiger charge is 2.33. The van der Waals surface area contributed by atoms with Crippen LogP contribution in [0, 0.1) is 6.92 Å². The van der Waals surface area contributed by atoms with Crippen LogP contribution in [0.15, 0.2) is 42.5 Å². The standard InChI is InChI=1S/C20H24N2O2/c1-15-18(24-3)10-9-17(21-15)19(23)22-13-11-20(2,12-14-22)16-7-5-4-6-8-16/h4-10H,11-14H2,1-3H3. The smallest absolute Gasteiger partial charge is 0.272 e. The van der Waals surface area contributed by atoms with Crippen molar-refractivity contribution in [3.8, 4) is 5.75 Å². The maximum atomic E-state index is 12.7. The van der Waals surface area contributed by atoms with E-state index in [1.165, 1.54) is 5.56 Å². The fourth-order valence-corrected chi connectivity index (χ4v) is 3.38. The summed E-state index contributed by atoms with van der Waals surface area (Å²) in [5.74, 6) is 0.720. The molecule has 1 aliphatic heterocycles. The van der Waals surface area contributed by atoms with Crippen molar-refractivity contribution in [2.45, 2.75) is 32.1 Å². The lowest BCUT2D eigenvalue weighted by atomic mass is 9.74. The van der Waals surface area contributed by atoms with Crippen LogP contribution in [0.3, 0.4) is 0 Å². The van der Waals surface area contributed by atoms with E-state index in [2.05, 4.69) is 36.2 Å². The number of hydrogen-bond donors (Lipinski definition) is 0. The van der Waals surface area contributed by atoms with Crippen LogP contribution in [0.25, 0.3) is 0 Å². The predicted octanol–water partition coefficient (Wildman–Crippen LogP) is 3.59. The van der Waals surface area contributed by atoms with Gasteiger partial charge >= 0.3 is 0 Å². The quantitative estimate of drug-likeness (QED) is 0.866. The molecular formula is C20H24N2O2. The lowest BCUT2D eigenvalue weighted by molar-refractivity contribution is 0.0670. The average molecular weight is 324 g/mol. The number of ether oxygens (including phenoxy) is 1. The van der Waals surface area contributed by atoms with E-state index in [4.69, 9.17) is 4.74 Å². The van der Waals surface area contributed by atoms with Gasteiger partial charge in [0.25, 0.3) is 5.91 Å². The van der Waals surface area contributed by atoms with E-state index in [0.717, 1.165) is 31.6 Å². The number of benzene rings is 1. The summed E-state index contributed by atoms with van der Waals surface area (Å²) < 4.78 is 5.21. The lowest BCUT2D eigenvalue weighted by Gasteiger charge is -2.39. The van der Waals surface area contributed by atoms with Gasteiger partial charge in [-0.3, -0.25) is 4.79 Å². The SMILES string of the molecule is COc1ccc(C(=O)N2CCC(C)(c3ccccc3)CC2)nc1C. The molecule has 0 bridgehead atoms. The summed E-state index contributed by atoms with van der Waals surface area (Å²) in [6.45, 7) is 5.67. The maximum Gasteiger partial charge on any atom is 0.272 e. The molecule has 2 aromatic rings. The zero-order valence-electron chi connectivity index (χ0n) is 14.6. The van der Waals surface area contributed by atoms with E-state index in [0.29, 0.717) is 11.4 Å². The fourth-order valence-electron chi connectivity index (χ4n) is 3.38. The van der Waals surface area contributed by atoms with E-state index in [1.54, 1.807) is 13.2 Å². The molecule has 0 radical (unpaired) electrons. The van der Waals surface area contributed by atoms with Gasteiger partial charge in [-0.2, -0.15) is 0 Å². The summed E-state index contributed by atoms with van der Waals surface area (Å²) in [5, 5.41) is 0. The Bertz CT molecular complexity index is 720. The summed E-state index contributed by atoms with van der Waals surface area (Å²) >= 11 is 0. The van der Waals surface area contributed by atoms with Gasteiger partial charge in [-0.25, -0.2) is 4.98 Å². The summed E-state index contributed by atoms with van der Waals surface area (Å²) in [4.78, 5) is 19.0. The van der Waals surface area contributed by atoms with E-state index >= 15 is 0 Å². The fraction of sp³-hybridized carbons (Fsp3) is 0.400. The van der Waals surface area contributed by atoms with Crippen LogP contribution in [0.5, 0.6) is 5.75 Å². The first-order valence-electron chi connectivity index (χ1n) is 8.40. The molecule has 3 rings (SSSR count). The van der Waals surface area contributed by atoms with Crippen LogP contribution < -0.4 is 4.74 Å². The zero-order valence-corrected chi connectivity index (χ0v) is 14.6. The Labute approximate surface area is 143 Å². The van der Waals surface area contributed by atoms with Gasteiger partial charge in [0, 0.05) is 13.1 Å². The Morgan fingerprint density at radius 3 is 2.38 bits per heavy atom. The summed E-state index contributed by atoms with van der Waals surface area (Å²) in [7, 11) is 1.61. The van der Waals surface area contributed by atoms with Gasteiger partial charge in [0.15, 0.2) is 0 Å². The second-order valence-corrected chi connectivity index (χ2v) is 6.70. The number of likely N-dealkylation sites (tertiary alicyclic amines) is 1. The minimum absolute atomic E-state index is 0.0101. The molecule has 4 heteroatoms. The number of rotatable bonds is 3. The minimum Gasteiger partial charge on any atom is -0.495 e. The van der Waals surface area contributed by atoms with E-state index in [1.807, 2.05) is 24.0 Å². The van der Waals surface area contributed by atoms with Crippen molar-refractivity contribution in [3.63, 3.8) is 0 Å². The Morgan fingerprint density at radius 2 is 1.79 bits per heavy atom. The van der Waals surface area contributed by atoms with Crippen LogP contribution in [-0.2, 0) is 5.41 Å². The molecule has 0 aliphatic carbocycles. The second kappa shape index (κ2) is 6.63. The molecular weight excluding hydrogens is 300 g/mol. The van der Waals surface area contributed by atoms with Crippen molar-refractivity contribution >= 4 is 5.91 Å². The molecule has 0 unspecified atom stereocenters. The molecule has 0 N–H and O–H groups in total. The van der Waals surface area contributed by atoms with Crippen LogP contribution in [0.2, 0.25) is 0 Å². The molecule has 24 heavy (non-hydrogen) atoms. The van der Waals surface area contributed by atoms with E-state index in [9.17, 15) is 4.79 Å². The van der Waals surface area contributed by atoms with Gasteiger partial charge < -0.3 is 9.64 Å². The summed E-state index contributed by atoms with van der Waals surface area (Å²) in [6.07, 6.45) is 1.94. The molecule has 126 valence electrons. The van der Waals surface area contributed by atoms with Crippen LogP contribution in [-0.4, -0.2) is 36.0 Å². The molecule has 1 fully saturated rings. The van der Waals surface area contributed by atoms with Crippen LogP contribution >= 0.6 is 0 Å². The number of amides is 1. The van der Waals surface area contributed by atoms with Gasteiger partial charge in [-0.1, -0.05) is 37.3 Å². The molecule has 1 saturated heterocycles. The van der Waals surface area contributed by atoms with Crippen LogP contribution in [0.1, 0.15) is 41.5 Å². The van der Waals surface area contributed by atoms with Gasteiger partial charge in [-0.05, 0) is 42.9 Å². The zero-order chi connectivity index (χ0) is 17.2. The first-order valence-corrected chi connectivity index (χ1v) is 8.40. The molecule has 1 aromatic heterocycles. The molecule has 0 saturated carbocycles. The van der Waals surface area contributed by atoms with Crippen molar-refractivity contribution in [1.82, 2.24) is 9.88 Å². The summed E-state index contributed by atoms with van der Waals surface area (Å²) in [6, 6.07) is 14.2. The molecule has 0 atom stereocenters. The van der Waals surface area contributed by atoms with Gasteiger partial charge in [0.05, 0.1) is 12.8 Å². The number of aryl methyl sites for hydroxylation is 1. The van der Waals surface area contributed by atoms with Crippen LogP contribution in [0.4, 0.5) is 0 Å². The normalized spacial score (nSPS) is 16.7. The first-order chi connectivity index (χ1) is 11.5. The van der Waals surface area contributed by atoms with Crippen molar-refractivity contribution in [3.05, 3.63) is 59.4 Å². The molecule has 0 spiro atoms. The maximum absolute atomic E-state index is 12.7. The van der Waals surface area contributed by atoms with E-state index in [-0.39, 0.29) is 11.3 Å². The number of piperidine rings is 1. The average Bonchev–Trinajstić information content (AvgIpc) is 2.62. The highest BCUT2D eigenvalue weighted by molar-refractivity contribution is 5.92. The van der Waals surface area contributed by atoms with Gasteiger partial charge in [0.2, 0.25) is 0 Å². The van der Waals surface area contributed by atoms with Gasteiger partial charge in [-0.15, -0.1) is 0 Å². The van der Waals surface area contributed by atoms with Crippen molar-refractivity contribution < 1.29 is 9.53 Å². The number of nitrogens with zero attached hydrogens (tertiary/aromatic N) is 2. The molecule has 1 amide bonds. The topological polar surface area (TPSA) is 42.4 Å². The Kier molecular flexibility index (Phi) is 4.56. The number of aromatic nitrogens is 1. The number of carbonyl (C=O) groups is 1. The largest absolute Gasteiger partial charge is 0.495 e. The van der Waals surface area contributed by atoms with Crippen molar-refractivity contribution in [1.29, 1.82) is 0 Å². The van der Waals surface area contributed by atoms with E-state index < -0.39 is 0 Å². The molecule has 2 heterocycles. The number of methoxy groups -OCH3 is 1. The third-order valence-electron chi connectivity index (χ3n) is 5.10. The Balaban J connectivity index is 1.70. The monoisotopic (exact) mass is 324 g/mol. The minimum atomic E-state index is 0.0101. The second-order valence-electron chi connectivity index (χ2n) is 6.70. The third kappa shape index (κ3) is 3.14. The number of pyridine rings is 1. The predicted molar refractivity (Wildman–Crippen MR) is 94.5 cm³/mol. The Hall–Kier alpha value is -2.36. The Morgan fingerprint density at radius 1 is 1.12 bits per heavy atom. The third-order valence-corrected chi connectivity index (χ3v) is 5.10. The lowest BCUT2D eigenvalue weighted by Crippen LogP contribution is -2.44. The number of hydrogen-bond acceptors (Lipinski definition) is 3. The highest BCUT2D eigenvalue weighted by atomic mass is 16.5. The van der Waals surface area contributed by atoms with Gasteiger partial charge in [0.1, 0.15) is 11.4 Å². The highest BCUT2D eigenvalue weighted by Crippen LogP contribution is 2.35. The first kappa shape index (κ1) is 16.5. The van der Waals surface area contributed by atoms with Crippen molar-refractivity contribution in [2.75, 3.05) is 20.2 Å². The summed E-state index contributed by atoms with van der Waals surface area (Å²) in [5.41, 5.74) is 2.74.